The van der Waals surface area contributed by atoms with Crippen LogP contribution in [0.25, 0.3) is 0 Å². The maximum atomic E-state index is 12.2. The summed E-state index contributed by atoms with van der Waals surface area (Å²) in [6, 6.07) is 1.44. The zero-order valence-corrected chi connectivity index (χ0v) is 9.42. The lowest BCUT2D eigenvalue weighted by Gasteiger charge is -2.03. The highest BCUT2D eigenvalue weighted by molar-refractivity contribution is 9.11. The third-order valence-electron chi connectivity index (χ3n) is 1.12. The van der Waals surface area contributed by atoms with Crippen LogP contribution in [0.2, 0.25) is 5.15 Å². The fourth-order valence-electron chi connectivity index (χ4n) is 0.610. The van der Waals surface area contributed by atoms with Gasteiger partial charge in [-0.3, -0.25) is 0 Å². The monoisotopic (exact) mass is 319 g/mol. The lowest BCUT2D eigenvalue weighted by molar-refractivity contribution is 0.145. The second-order valence-electron chi connectivity index (χ2n) is 1.93. The van der Waals surface area contributed by atoms with Crippen molar-refractivity contribution in [3.05, 3.63) is 25.9 Å². The van der Waals surface area contributed by atoms with Gasteiger partial charge in [-0.05, 0) is 37.9 Å². The van der Waals surface area contributed by atoms with Gasteiger partial charge in [-0.15, -0.1) is 0 Å². The van der Waals surface area contributed by atoms with Gasteiger partial charge in [-0.1, -0.05) is 11.6 Å². The van der Waals surface area contributed by atoms with Crippen molar-refractivity contribution in [1.82, 2.24) is 4.98 Å². The summed E-state index contributed by atoms with van der Waals surface area (Å²) in [6.07, 6.45) is -2.62. The zero-order chi connectivity index (χ0) is 9.30. The highest BCUT2D eigenvalue weighted by atomic mass is 79.9. The maximum Gasteiger partial charge on any atom is 0.281 e. The van der Waals surface area contributed by atoms with Gasteiger partial charge >= 0.3 is 0 Å². The summed E-state index contributed by atoms with van der Waals surface area (Å²) >= 11 is 11.5. The van der Waals surface area contributed by atoms with Crippen LogP contribution in [0, 0.1) is 0 Å². The van der Waals surface area contributed by atoms with E-state index < -0.39 is 6.43 Å². The molecule has 0 unspecified atom stereocenters. The Morgan fingerprint density at radius 2 is 1.92 bits per heavy atom. The number of hydrogen-bond acceptors (Lipinski definition) is 1. The van der Waals surface area contributed by atoms with Crippen molar-refractivity contribution in [2.45, 2.75) is 6.43 Å². The molecule has 0 saturated carbocycles. The minimum atomic E-state index is -2.62. The van der Waals surface area contributed by atoms with Crippen LogP contribution in [0.15, 0.2) is 15.0 Å². The Labute approximate surface area is 89.4 Å². The highest BCUT2D eigenvalue weighted by Gasteiger charge is 2.15. The smallest absolute Gasteiger partial charge is 0.233 e. The van der Waals surface area contributed by atoms with Gasteiger partial charge < -0.3 is 0 Å². The number of pyridine rings is 1. The van der Waals surface area contributed by atoms with E-state index in [1.807, 2.05) is 0 Å². The fraction of sp³-hybridized carbons (Fsp3) is 0.167. The Balaban J connectivity index is 3.23. The van der Waals surface area contributed by atoms with E-state index in [9.17, 15) is 8.78 Å². The molecule has 0 aliphatic rings. The van der Waals surface area contributed by atoms with Crippen molar-refractivity contribution >= 4 is 43.5 Å². The molecule has 0 saturated heterocycles. The summed E-state index contributed by atoms with van der Waals surface area (Å²) in [5, 5.41) is 0.0356. The first-order valence-corrected chi connectivity index (χ1v) is 4.78. The predicted molar refractivity (Wildman–Crippen MR) is 49.6 cm³/mol. The largest absolute Gasteiger partial charge is 0.281 e. The van der Waals surface area contributed by atoms with Gasteiger partial charge in [-0.25, -0.2) is 13.8 Å². The minimum Gasteiger partial charge on any atom is -0.233 e. The third-order valence-corrected chi connectivity index (χ3v) is 2.88. The van der Waals surface area contributed by atoms with Gasteiger partial charge in [-0.2, -0.15) is 0 Å². The van der Waals surface area contributed by atoms with Crippen molar-refractivity contribution in [3.63, 3.8) is 0 Å². The zero-order valence-electron chi connectivity index (χ0n) is 5.49. The van der Waals surface area contributed by atoms with E-state index in [0.717, 1.165) is 0 Å². The first-order valence-electron chi connectivity index (χ1n) is 2.82. The lowest BCUT2D eigenvalue weighted by Crippen LogP contribution is -1.92. The van der Waals surface area contributed by atoms with Crippen molar-refractivity contribution in [2.75, 3.05) is 0 Å². The summed E-state index contributed by atoms with van der Waals surface area (Å²) in [5.74, 6) is 0. The van der Waals surface area contributed by atoms with Gasteiger partial charge in [0.05, 0.1) is 4.47 Å². The number of hydrogen-bond donors (Lipinski definition) is 0. The van der Waals surface area contributed by atoms with E-state index in [1.54, 1.807) is 0 Å². The molecule has 66 valence electrons. The number of nitrogens with zero attached hydrogens (tertiary/aromatic N) is 1. The second-order valence-corrected chi connectivity index (χ2v) is 4.00. The molecule has 0 atom stereocenters. The van der Waals surface area contributed by atoms with Gasteiger partial charge in [0.25, 0.3) is 6.43 Å². The Hall–Kier alpha value is 0.260. The van der Waals surface area contributed by atoms with Crippen molar-refractivity contribution in [2.24, 2.45) is 0 Å². The summed E-state index contributed by atoms with van der Waals surface area (Å²) < 4.78 is 25.1. The van der Waals surface area contributed by atoms with E-state index in [-0.39, 0.29) is 15.3 Å². The average Bonchev–Trinajstić information content (AvgIpc) is 1.96. The molecule has 0 bridgehead atoms. The summed E-state index contributed by atoms with van der Waals surface area (Å²) in [7, 11) is 0. The van der Waals surface area contributed by atoms with Crippen LogP contribution in [-0.4, -0.2) is 4.98 Å². The maximum absolute atomic E-state index is 12.2. The molecular weight excluding hydrogens is 319 g/mol. The van der Waals surface area contributed by atoms with Crippen molar-refractivity contribution < 1.29 is 8.78 Å². The lowest BCUT2D eigenvalue weighted by atomic mass is 10.4. The Bertz CT molecular complexity index is 306. The first-order chi connectivity index (χ1) is 5.52. The molecule has 6 heteroatoms. The van der Waals surface area contributed by atoms with E-state index in [0.29, 0.717) is 4.47 Å². The summed E-state index contributed by atoms with van der Waals surface area (Å²) in [5.41, 5.74) is -0.344. The van der Waals surface area contributed by atoms with Gasteiger partial charge in [0.2, 0.25) is 0 Å². The van der Waals surface area contributed by atoms with Crippen LogP contribution in [0.5, 0.6) is 0 Å². The quantitative estimate of drug-likeness (QED) is 0.707. The molecular formula is C6H2Br2ClF2N. The molecule has 1 nitrogen and oxygen atoms in total. The summed E-state index contributed by atoms with van der Waals surface area (Å²) in [6.45, 7) is 0. The molecule has 1 aromatic rings. The molecule has 0 amide bonds. The molecule has 0 spiro atoms. The van der Waals surface area contributed by atoms with Crippen molar-refractivity contribution in [1.29, 1.82) is 0 Å². The number of alkyl halides is 2. The van der Waals surface area contributed by atoms with Crippen molar-refractivity contribution in [3.8, 4) is 0 Å². The Morgan fingerprint density at radius 1 is 1.33 bits per heavy atom. The molecule has 1 aromatic heterocycles. The van der Waals surface area contributed by atoms with Crippen LogP contribution >= 0.6 is 43.5 Å². The normalized spacial score (nSPS) is 10.8. The standard InChI is InChI=1S/C6H2Br2ClF2N/c7-2-1-3(8)5(9)12-4(2)6(10)11/h1,6H. The van der Waals surface area contributed by atoms with E-state index in [2.05, 4.69) is 36.8 Å². The molecule has 12 heavy (non-hydrogen) atoms. The predicted octanol–water partition coefficient (Wildman–Crippen LogP) is 4.20. The van der Waals surface area contributed by atoms with Crippen LogP contribution in [-0.2, 0) is 0 Å². The molecule has 0 aliphatic heterocycles. The first kappa shape index (κ1) is 10.3. The van der Waals surface area contributed by atoms with E-state index in [4.69, 9.17) is 11.6 Å². The molecule has 1 heterocycles. The van der Waals surface area contributed by atoms with E-state index in [1.165, 1.54) is 6.07 Å². The van der Waals surface area contributed by atoms with E-state index >= 15 is 0 Å². The molecule has 0 radical (unpaired) electrons. The Kier molecular flexibility index (Phi) is 3.43. The minimum absolute atomic E-state index is 0.0356. The third kappa shape index (κ3) is 2.14. The SMILES string of the molecule is FC(F)c1nc(Cl)c(Br)cc1Br. The topological polar surface area (TPSA) is 12.9 Å². The highest BCUT2D eigenvalue weighted by Crippen LogP contribution is 2.31. The van der Waals surface area contributed by atoms with Gasteiger partial charge in [0.1, 0.15) is 10.8 Å². The number of rotatable bonds is 1. The van der Waals surface area contributed by atoms with Crippen LogP contribution < -0.4 is 0 Å². The van der Waals surface area contributed by atoms with Gasteiger partial charge in [0.15, 0.2) is 0 Å². The average molecular weight is 321 g/mol. The number of aromatic nitrogens is 1. The molecule has 0 N–H and O–H groups in total. The Morgan fingerprint density at radius 3 is 2.42 bits per heavy atom. The molecule has 0 aromatic carbocycles. The number of halogens is 5. The molecule has 0 aliphatic carbocycles. The molecule has 1 rings (SSSR count). The van der Waals surface area contributed by atoms with Crippen LogP contribution in [0.4, 0.5) is 8.78 Å². The van der Waals surface area contributed by atoms with Crippen LogP contribution in [0.3, 0.4) is 0 Å². The summed E-state index contributed by atoms with van der Waals surface area (Å²) in [4.78, 5) is 3.49. The van der Waals surface area contributed by atoms with Crippen LogP contribution in [0.1, 0.15) is 12.1 Å². The second kappa shape index (κ2) is 3.98. The molecule has 0 fully saturated rings. The van der Waals surface area contributed by atoms with Gasteiger partial charge in [0, 0.05) is 4.47 Å². The fourth-order valence-corrected chi connectivity index (χ4v) is 1.87.